The Labute approximate surface area is 206 Å². The van der Waals surface area contributed by atoms with Crippen LogP contribution in [0.25, 0.3) is 0 Å². The molecule has 2 amide bonds. The van der Waals surface area contributed by atoms with E-state index in [9.17, 15) is 27.9 Å². The largest absolute Gasteiger partial charge is 0.416 e. The maximum atomic E-state index is 13.1. The van der Waals surface area contributed by atoms with Crippen LogP contribution in [0.4, 0.5) is 13.2 Å². The molecule has 0 atom stereocenters. The van der Waals surface area contributed by atoms with E-state index in [0.717, 1.165) is 17.1 Å². The first-order valence-electron chi connectivity index (χ1n) is 10.8. The van der Waals surface area contributed by atoms with Crippen molar-refractivity contribution in [3.05, 3.63) is 70.2 Å². The number of aliphatic hydroxyl groups is 1. The minimum atomic E-state index is -4.52. The number of benzene rings is 2. The van der Waals surface area contributed by atoms with Gasteiger partial charge in [-0.15, -0.1) is 0 Å². The van der Waals surface area contributed by atoms with Gasteiger partial charge >= 0.3 is 6.18 Å². The molecule has 0 saturated heterocycles. The van der Waals surface area contributed by atoms with Crippen LogP contribution in [-0.4, -0.2) is 47.0 Å². The lowest BCUT2D eigenvalue weighted by Crippen LogP contribution is -2.45. The Balaban J connectivity index is 1.75. The van der Waals surface area contributed by atoms with Gasteiger partial charge in [0.15, 0.2) is 5.84 Å². The van der Waals surface area contributed by atoms with Crippen LogP contribution >= 0.6 is 11.6 Å². The molecule has 0 bridgehead atoms. The molecule has 0 aliphatic heterocycles. The number of amides is 2. The molecule has 35 heavy (non-hydrogen) atoms. The summed E-state index contributed by atoms with van der Waals surface area (Å²) in [5, 5.41) is 21.4. The Bertz CT molecular complexity index is 1100. The first kappa shape index (κ1) is 26.5. The lowest BCUT2D eigenvalue weighted by molar-refractivity contribution is -0.137. The molecule has 188 valence electrons. The number of hydrazone groups is 1. The molecule has 1 fully saturated rings. The Morgan fingerprint density at radius 3 is 2.37 bits per heavy atom. The van der Waals surface area contributed by atoms with Crippen molar-refractivity contribution >= 4 is 29.8 Å². The van der Waals surface area contributed by atoms with Crippen molar-refractivity contribution in [2.45, 2.75) is 44.0 Å². The number of hydrogen-bond donors (Lipinski definition) is 3. The quantitative estimate of drug-likeness (QED) is 0.208. The van der Waals surface area contributed by atoms with Crippen LogP contribution in [0.5, 0.6) is 0 Å². The van der Waals surface area contributed by atoms with E-state index < -0.39 is 35.3 Å². The molecule has 1 aliphatic rings. The van der Waals surface area contributed by atoms with Crippen LogP contribution in [0, 0.1) is 0 Å². The predicted molar refractivity (Wildman–Crippen MR) is 126 cm³/mol. The van der Waals surface area contributed by atoms with E-state index in [1.54, 1.807) is 38.1 Å². The average Bonchev–Trinajstić information content (AvgIpc) is 3.53. The molecule has 2 aromatic rings. The van der Waals surface area contributed by atoms with E-state index in [1.165, 1.54) is 12.1 Å². The van der Waals surface area contributed by atoms with E-state index in [0.29, 0.717) is 29.8 Å². The van der Waals surface area contributed by atoms with Crippen LogP contribution in [-0.2, 0) is 21.3 Å². The molecule has 1 saturated carbocycles. The fourth-order valence-corrected chi connectivity index (χ4v) is 3.41. The minimum Gasteiger partial charge on any atom is -0.388 e. The van der Waals surface area contributed by atoms with E-state index in [4.69, 9.17) is 11.6 Å². The second-order valence-corrected chi connectivity index (χ2v) is 9.42. The Hall–Kier alpha value is -3.11. The molecular formula is C24H26ClF3N4O3. The number of carbonyl (C=O) groups is 2. The molecule has 0 radical (unpaired) electrons. The molecule has 2 aromatic carbocycles. The van der Waals surface area contributed by atoms with Crippen molar-refractivity contribution in [3.63, 3.8) is 0 Å². The van der Waals surface area contributed by atoms with Crippen molar-refractivity contribution in [1.82, 2.24) is 15.6 Å². The number of halogens is 4. The van der Waals surface area contributed by atoms with Gasteiger partial charge in [0.25, 0.3) is 0 Å². The summed E-state index contributed by atoms with van der Waals surface area (Å²) in [7, 11) is 0. The van der Waals surface area contributed by atoms with Gasteiger partial charge in [0.2, 0.25) is 12.3 Å². The van der Waals surface area contributed by atoms with Gasteiger partial charge in [-0.25, -0.2) is 5.01 Å². The summed E-state index contributed by atoms with van der Waals surface area (Å²) in [4.78, 5) is 24.4. The molecule has 0 spiro atoms. The van der Waals surface area contributed by atoms with E-state index >= 15 is 0 Å². The Morgan fingerprint density at radius 2 is 1.80 bits per heavy atom. The third kappa shape index (κ3) is 7.43. The number of nitrogens with zero attached hydrogens (tertiary/aromatic N) is 2. The SMILES string of the molecule is CC(C)(NC(=O)CN(C=O)/N=C(\NCC1(O)CC1)c1ccc(Cl)cc1)c1cccc(C(F)(F)F)c1. The van der Waals surface area contributed by atoms with Crippen molar-refractivity contribution < 1.29 is 27.9 Å². The molecule has 0 aromatic heterocycles. The van der Waals surface area contributed by atoms with Crippen LogP contribution in [0.15, 0.2) is 53.6 Å². The van der Waals surface area contributed by atoms with Crippen molar-refractivity contribution in [3.8, 4) is 0 Å². The fraction of sp³-hybridized carbons (Fsp3) is 0.375. The molecule has 3 N–H and O–H groups in total. The highest BCUT2D eigenvalue weighted by atomic mass is 35.5. The number of nitrogens with one attached hydrogen (secondary N) is 2. The molecule has 11 heteroatoms. The maximum absolute atomic E-state index is 13.1. The number of alkyl halides is 3. The zero-order chi connectivity index (χ0) is 25.9. The van der Waals surface area contributed by atoms with Crippen molar-refractivity contribution in [2.24, 2.45) is 5.10 Å². The van der Waals surface area contributed by atoms with Crippen molar-refractivity contribution in [1.29, 1.82) is 0 Å². The second kappa shape index (κ2) is 10.2. The highest BCUT2D eigenvalue weighted by Crippen LogP contribution is 2.34. The van der Waals surface area contributed by atoms with Crippen LogP contribution in [0.3, 0.4) is 0 Å². The standard InChI is InChI=1S/C24H26ClF3N4O3/c1-22(2,17-4-3-5-18(12-17)24(26,27)28)30-20(34)13-32(15-33)31-21(29-14-23(35)10-11-23)16-6-8-19(25)9-7-16/h3-9,12,15,35H,10-11,13-14H2,1-2H3,(H,29,31)(H,30,34). The third-order valence-electron chi connectivity index (χ3n) is 5.55. The van der Waals surface area contributed by atoms with Gasteiger partial charge in [0, 0.05) is 17.1 Å². The fourth-order valence-electron chi connectivity index (χ4n) is 3.29. The number of rotatable bonds is 9. The lowest BCUT2D eigenvalue weighted by Gasteiger charge is -2.28. The highest BCUT2D eigenvalue weighted by molar-refractivity contribution is 6.30. The van der Waals surface area contributed by atoms with E-state index in [2.05, 4.69) is 15.7 Å². The summed E-state index contributed by atoms with van der Waals surface area (Å²) >= 11 is 5.94. The first-order valence-corrected chi connectivity index (χ1v) is 11.2. The van der Waals surface area contributed by atoms with Gasteiger partial charge < -0.3 is 15.7 Å². The molecule has 0 unspecified atom stereocenters. The zero-order valence-electron chi connectivity index (χ0n) is 19.2. The van der Waals surface area contributed by atoms with Gasteiger partial charge in [-0.3, -0.25) is 9.59 Å². The van der Waals surface area contributed by atoms with Crippen LogP contribution in [0.1, 0.15) is 43.4 Å². The summed E-state index contributed by atoms with van der Waals surface area (Å²) in [6, 6.07) is 11.3. The van der Waals surface area contributed by atoms with Gasteiger partial charge in [-0.1, -0.05) is 23.7 Å². The molecule has 7 nitrogen and oxygen atoms in total. The Morgan fingerprint density at radius 1 is 1.17 bits per heavy atom. The zero-order valence-corrected chi connectivity index (χ0v) is 20.0. The van der Waals surface area contributed by atoms with Crippen LogP contribution in [0.2, 0.25) is 5.02 Å². The van der Waals surface area contributed by atoms with Gasteiger partial charge in [0.1, 0.15) is 6.54 Å². The lowest BCUT2D eigenvalue weighted by atomic mass is 9.92. The number of carbonyl (C=O) groups excluding carboxylic acids is 2. The van der Waals surface area contributed by atoms with Gasteiger partial charge in [-0.05, 0) is 68.7 Å². The average molecular weight is 511 g/mol. The van der Waals surface area contributed by atoms with E-state index in [1.807, 2.05) is 0 Å². The topological polar surface area (TPSA) is 94.0 Å². The minimum absolute atomic E-state index is 0.204. The molecular weight excluding hydrogens is 485 g/mol. The maximum Gasteiger partial charge on any atom is 0.416 e. The molecule has 0 heterocycles. The Kier molecular flexibility index (Phi) is 7.76. The van der Waals surface area contributed by atoms with Gasteiger partial charge in [0.05, 0.1) is 16.7 Å². The van der Waals surface area contributed by atoms with E-state index in [-0.39, 0.29) is 17.9 Å². The summed E-state index contributed by atoms with van der Waals surface area (Å²) < 4.78 is 39.3. The number of hydrogen-bond acceptors (Lipinski definition) is 4. The normalized spacial score (nSPS) is 15.3. The predicted octanol–water partition coefficient (Wildman–Crippen LogP) is 3.64. The summed E-state index contributed by atoms with van der Waals surface area (Å²) in [5.41, 5.74) is -1.99. The van der Waals surface area contributed by atoms with Crippen LogP contribution < -0.4 is 10.6 Å². The second-order valence-electron chi connectivity index (χ2n) is 8.99. The summed E-state index contributed by atoms with van der Waals surface area (Å²) in [6.07, 6.45) is -2.88. The monoisotopic (exact) mass is 510 g/mol. The summed E-state index contributed by atoms with van der Waals surface area (Å²) in [5.74, 6) is -0.376. The smallest absolute Gasteiger partial charge is 0.388 e. The van der Waals surface area contributed by atoms with Crippen molar-refractivity contribution in [2.75, 3.05) is 13.1 Å². The third-order valence-corrected chi connectivity index (χ3v) is 5.80. The highest BCUT2D eigenvalue weighted by Gasteiger charge is 2.40. The molecule has 3 rings (SSSR count). The van der Waals surface area contributed by atoms with Gasteiger partial charge in [-0.2, -0.15) is 18.3 Å². The first-order chi connectivity index (χ1) is 16.3. The number of amidine groups is 1. The summed E-state index contributed by atoms with van der Waals surface area (Å²) in [6.45, 7) is 2.85. The molecule has 1 aliphatic carbocycles.